The van der Waals surface area contributed by atoms with Crippen LogP contribution in [0.2, 0.25) is 0 Å². The van der Waals surface area contributed by atoms with Crippen LogP contribution in [0.15, 0.2) is 24.4 Å². The summed E-state index contributed by atoms with van der Waals surface area (Å²) >= 11 is 0. The molecule has 1 aromatic rings. The van der Waals surface area contributed by atoms with E-state index in [0.29, 0.717) is 0 Å². The Hall–Kier alpha value is -0.930. The smallest absolute Gasteiger partial charge is 0.0931 e. The number of aliphatic hydroxyl groups excluding tert-OH is 1. The van der Waals surface area contributed by atoms with Crippen molar-refractivity contribution in [3.05, 3.63) is 30.1 Å². The van der Waals surface area contributed by atoms with Gasteiger partial charge in [0.2, 0.25) is 0 Å². The van der Waals surface area contributed by atoms with Crippen molar-refractivity contribution >= 4 is 0 Å². The molecule has 1 aromatic heterocycles. The van der Waals surface area contributed by atoms with E-state index >= 15 is 0 Å². The molecule has 0 fully saturated rings. The van der Waals surface area contributed by atoms with Gasteiger partial charge in [-0.05, 0) is 12.1 Å². The summed E-state index contributed by atoms with van der Waals surface area (Å²) in [6, 6.07) is 5.82. The number of nitrogens with one attached hydrogen (secondary N) is 1. The molecule has 11 heavy (non-hydrogen) atoms. The highest BCUT2D eigenvalue weighted by molar-refractivity contribution is 5.03. The van der Waals surface area contributed by atoms with Crippen LogP contribution in [0.25, 0.3) is 0 Å². The summed E-state index contributed by atoms with van der Waals surface area (Å²) in [6.45, 7) is 0.806. The van der Waals surface area contributed by atoms with Crippen molar-refractivity contribution in [3.8, 4) is 0 Å². The molecule has 2 N–H and O–H groups in total. The molecule has 0 saturated carbocycles. The lowest BCUT2D eigenvalue weighted by Crippen LogP contribution is -2.18. The van der Waals surface area contributed by atoms with Gasteiger partial charge in [0.05, 0.1) is 6.73 Å². The van der Waals surface area contributed by atoms with Crippen molar-refractivity contribution in [3.63, 3.8) is 0 Å². The maximum Gasteiger partial charge on any atom is 0.0931 e. The quantitative estimate of drug-likeness (QED) is 0.477. The molecule has 60 valence electrons. The zero-order chi connectivity index (χ0) is 7.94. The van der Waals surface area contributed by atoms with E-state index in [1.54, 1.807) is 6.20 Å². The molecule has 3 heteroatoms. The standard InChI is InChI=1S/C8H12N2O/c11-7-9-6-4-8-3-1-2-5-10-8/h1-3,5,9,11H,4,6-7H2. The highest BCUT2D eigenvalue weighted by atomic mass is 16.3. The molecule has 0 radical (unpaired) electrons. The van der Waals surface area contributed by atoms with Crippen molar-refractivity contribution in [2.45, 2.75) is 6.42 Å². The highest BCUT2D eigenvalue weighted by Crippen LogP contribution is 1.92. The van der Waals surface area contributed by atoms with Crippen LogP contribution >= 0.6 is 0 Å². The monoisotopic (exact) mass is 152 g/mol. The Morgan fingerprint density at radius 1 is 1.45 bits per heavy atom. The van der Waals surface area contributed by atoms with Gasteiger partial charge in [0, 0.05) is 24.9 Å². The first-order chi connectivity index (χ1) is 5.43. The van der Waals surface area contributed by atoms with Gasteiger partial charge in [-0.3, -0.25) is 10.3 Å². The van der Waals surface area contributed by atoms with Crippen LogP contribution in [-0.2, 0) is 6.42 Å². The van der Waals surface area contributed by atoms with Crippen LogP contribution in [0.3, 0.4) is 0 Å². The van der Waals surface area contributed by atoms with Crippen molar-refractivity contribution in [1.29, 1.82) is 0 Å². The van der Waals surface area contributed by atoms with Crippen molar-refractivity contribution in [2.24, 2.45) is 0 Å². The maximum atomic E-state index is 8.41. The second-order valence-corrected chi connectivity index (χ2v) is 2.23. The maximum absolute atomic E-state index is 8.41. The summed E-state index contributed by atoms with van der Waals surface area (Å²) in [4.78, 5) is 4.13. The van der Waals surface area contributed by atoms with Gasteiger partial charge in [0.15, 0.2) is 0 Å². The molecule has 0 aromatic carbocycles. The number of aromatic nitrogens is 1. The van der Waals surface area contributed by atoms with Gasteiger partial charge in [0.1, 0.15) is 0 Å². The van der Waals surface area contributed by atoms with Gasteiger partial charge in [-0.1, -0.05) is 6.07 Å². The third kappa shape index (κ3) is 3.11. The lowest BCUT2D eigenvalue weighted by molar-refractivity contribution is 0.262. The van der Waals surface area contributed by atoms with Crippen LogP contribution in [0.4, 0.5) is 0 Å². The largest absolute Gasteiger partial charge is 0.381 e. The highest BCUT2D eigenvalue weighted by Gasteiger charge is 1.90. The van der Waals surface area contributed by atoms with E-state index in [2.05, 4.69) is 10.3 Å². The van der Waals surface area contributed by atoms with Gasteiger partial charge in [0.25, 0.3) is 0 Å². The fourth-order valence-corrected chi connectivity index (χ4v) is 0.842. The fraction of sp³-hybridized carbons (Fsp3) is 0.375. The van der Waals surface area contributed by atoms with Crippen LogP contribution in [-0.4, -0.2) is 23.4 Å². The second-order valence-electron chi connectivity index (χ2n) is 2.23. The third-order valence-corrected chi connectivity index (χ3v) is 1.40. The van der Waals surface area contributed by atoms with E-state index in [1.807, 2.05) is 18.2 Å². The van der Waals surface area contributed by atoms with Gasteiger partial charge >= 0.3 is 0 Å². The zero-order valence-electron chi connectivity index (χ0n) is 6.33. The molecule has 1 heterocycles. The van der Waals surface area contributed by atoms with Crippen LogP contribution in [0.1, 0.15) is 5.69 Å². The van der Waals surface area contributed by atoms with Crippen molar-refractivity contribution in [2.75, 3.05) is 13.3 Å². The van der Waals surface area contributed by atoms with Crippen LogP contribution in [0.5, 0.6) is 0 Å². The van der Waals surface area contributed by atoms with Gasteiger partial charge in [-0.15, -0.1) is 0 Å². The van der Waals surface area contributed by atoms with Crippen molar-refractivity contribution < 1.29 is 5.11 Å². The second kappa shape index (κ2) is 4.82. The molecular weight excluding hydrogens is 140 g/mol. The predicted octanol–water partition coefficient (Wildman–Crippen LogP) is 0.163. The molecule has 0 aliphatic rings. The average molecular weight is 152 g/mol. The SMILES string of the molecule is OCNCCc1ccccn1. The number of hydrogen-bond donors (Lipinski definition) is 2. The summed E-state index contributed by atoms with van der Waals surface area (Å²) in [5.41, 5.74) is 1.05. The molecule has 0 unspecified atom stereocenters. The zero-order valence-corrected chi connectivity index (χ0v) is 6.33. The Balaban J connectivity index is 2.28. The molecular formula is C8H12N2O. The van der Waals surface area contributed by atoms with E-state index in [4.69, 9.17) is 5.11 Å². The minimum absolute atomic E-state index is 0.0346. The van der Waals surface area contributed by atoms with Gasteiger partial charge in [-0.25, -0.2) is 0 Å². The average Bonchev–Trinajstić information content (AvgIpc) is 2.07. The first-order valence-electron chi connectivity index (χ1n) is 3.65. The minimum Gasteiger partial charge on any atom is -0.381 e. The first kappa shape index (κ1) is 8.17. The minimum atomic E-state index is 0.0346. The Morgan fingerprint density at radius 3 is 3.00 bits per heavy atom. The Morgan fingerprint density at radius 2 is 2.36 bits per heavy atom. The van der Waals surface area contributed by atoms with Crippen LogP contribution in [0, 0.1) is 0 Å². The molecule has 0 aliphatic carbocycles. The molecule has 0 aliphatic heterocycles. The number of pyridine rings is 1. The Bertz CT molecular complexity index is 189. The van der Waals surface area contributed by atoms with E-state index in [-0.39, 0.29) is 6.73 Å². The predicted molar refractivity (Wildman–Crippen MR) is 43.0 cm³/mol. The summed E-state index contributed by atoms with van der Waals surface area (Å²) in [5, 5.41) is 11.2. The molecule has 0 amide bonds. The van der Waals surface area contributed by atoms with Gasteiger partial charge < -0.3 is 5.11 Å². The van der Waals surface area contributed by atoms with E-state index < -0.39 is 0 Å². The van der Waals surface area contributed by atoms with Crippen LogP contribution < -0.4 is 5.32 Å². The van der Waals surface area contributed by atoms with Gasteiger partial charge in [-0.2, -0.15) is 0 Å². The fourth-order valence-electron chi connectivity index (χ4n) is 0.842. The normalized spacial score (nSPS) is 9.91. The summed E-state index contributed by atoms with van der Waals surface area (Å²) in [6.07, 6.45) is 2.63. The molecule has 3 nitrogen and oxygen atoms in total. The molecule has 0 saturated heterocycles. The summed E-state index contributed by atoms with van der Waals surface area (Å²) in [5.74, 6) is 0. The van der Waals surface area contributed by atoms with E-state index in [9.17, 15) is 0 Å². The number of rotatable bonds is 4. The Kier molecular flexibility index (Phi) is 3.58. The lowest BCUT2D eigenvalue weighted by Gasteiger charge is -1.99. The third-order valence-electron chi connectivity index (χ3n) is 1.40. The first-order valence-corrected chi connectivity index (χ1v) is 3.65. The molecule has 1 rings (SSSR count). The molecule has 0 bridgehead atoms. The molecule has 0 spiro atoms. The van der Waals surface area contributed by atoms with Crippen molar-refractivity contribution in [1.82, 2.24) is 10.3 Å². The topological polar surface area (TPSA) is 45.1 Å². The molecule has 0 atom stereocenters. The number of aliphatic hydroxyl groups is 1. The van der Waals surface area contributed by atoms with E-state index in [0.717, 1.165) is 18.7 Å². The lowest BCUT2D eigenvalue weighted by atomic mass is 10.3. The number of nitrogens with zero attached hydrogens (tertiary/aromatic N) is 1. The number of hydrogen-bond acceptors (Lipinski definition) is 3. The van der Waals surface area contributed by atoms with E-state index in [1.165, 1.54) is 0 Å². The Labute approximate surface area is 66.1 Å². The summed E-state index contributed by atoms with van der Waals surface area (Å²) in [7, 11) is 0. The summed E-state index contributed by atoms with van der Waals surface area (Å²) < 4.78 is 0.